The number of hydrogen-bond donors (Lipinski definition) is 3. The van der Waals surface area contributed by atoms with Crippen LogP contribution in [0.3, 0.4) is 0 Å². The van der Waals surface area contributed by atoms with E-state index in [2.05, 4.69) is 10.3 Å². The van der Waals surface area contributed by atoms with Crippen LogP contribution in [0.25, 0.3) is 10.9 Å². The second kappa shape index (κ2) is 5.59. The Morgan fingerprint density at radius 2 is 2.04 bits per heavy atom. The van der Waals surface area contributed by atoms with E-state index >= 15 is 0 Å². The summed E-state index contributed by atoms with van der Waals surface area (Å²) < 4.78 is 5.49. The van der Waals surface area contributed by atoms with E-state index in [9.17, 15) is 9.59 Å². The first-order valence-corrected chi connectivity index (χ1v) is 7.86. The lowest BCUT2D eigenvalue weighted by Gasteiger charge is -2.28. The number of ether oxygens (including phenoxy) is 1. The number of hydrogen-bond acceptors (Lipinski definition) is 6. The van der Waals surface area contributed by atoms with E-state index in [-0.39, 0.29) is 5.91 Å². The van der Waals surface area contributed by atoms with Crippen molar-refractivity contribution in [2.24, 2.45) is 5.73 Å². The Kier molecular flexibility index (Phi) is 3.80. The highest BCUT2D eigenvalue weighted by Gasteiger charge is 2.39. The maximum Gasteiger partial charge on any atom is 0.416 e. The maximum atomic E-state index is 12.8. The fraction of sp³-hybridized carbons (Fsp3) is 0.353. The molecule has 1 aliphatic rings. The Hall–Kier alpha value is -2.87. The number of benzene rings is 1. The number of nitrogen functional groups attached to an aromatic ring is 1. The third kappa shape index (κ3) is 2.85. The number of aromatic nitrogens is 1. The van der Waals surface area contributed by atoms with Gasteiger partial charge in [-0.2, -0.15) is 0 Å². The fourth-order valence-corrected chi connectivity index (χ4v) is 2.95. The Bertz CT molecular complexity index is 888. The monoisotopic (exact) mass is 343 g/mol. The highest BCUT2D eigenvalue weighted by Crippen LogP contribution is 2.48. The molecule has 2 aromatic rings. The largest absolute Gasteiger partial charge is 0.443 e. The highest BCUT2D eigenvalue weighted by molar-refractivity contribution is 6.16. The van der Waals surface area contributed by atoms with Crippen LogP contribution in [0.4, 0.5) is 21.9 Å². The normalized spacial score (nSPS) is 16.2. The van der Waals surface area contributed by atoms with Crippen LogP contribution in [0.5, 0.6) is 0 Å². The predicted octanol–water partition coefficient (Wildman–Crippen LogP) is 2.49. The number of nitrogens with two attached hydrogens (primary N) is 2. The molecule has 1 atom stereocenters. The third-order valence-electron chi connectivity index (χ3n) is 3.79. The van der Waals surface area contributed by atoms with Crippen LogP contribution in [-0.4, -0.2) is 22.6 Å². The van der Waals surface area contributed by atoms with Crippen molar-refractivity contribution in [3.05, 3.63) is 23.9 Å². The summed E-state index contributed by atoms with van der Waals surface area (Å²) in [4.78, 5) is 30.0. The molecule has 5 N–H and O–H groups in total. The van der Waals surface area contributed by atoms with Crippen molar-refractivity contribution in [3.63, 3.8) is 0 Å². The quantitative estimate of drug-likeness (QED) is 0.683. The van der Waals surface area contributed by atoms with Gasteiger partial charge in [-0.05, 0) is 32.9 Å². The molecule has 0 saturated heterocycles. The minimum absolute atomic E-state index is 0.287. The van der Waals surface area contributed by atoms with Crippen LogP contribution in [0, 0.1) is 0 Å². The van der Waals surface area contributed by atoms with Crippen molar-refractivity contribution in [2.75, 3.05) is 16.0 Å². The summed E-state index contributed by atoms with van der Waals surface area (Å²) in [5, 5.41) is 3.35. The Balaban J connectivity index is 2.24. The van der Waals surface area contributed by atoms with Crippen molar-refractivity contribution in [3.8, 4) is 0 Å². The predicted molar refractivity (Wildman–Crippen MR) is 96.1 cm³/mol. The van der Waals surface area contributed by atoms with E-state index in [4.69, 9.17) is 16.2 Å². The number of nitrogens with zero attached hydrogens (tertiary/aromatic N) is 2. The summed E-state index contributed by atoms with van der Waals surface area (Å²) in [5.41, 5.74) is 14.1. The molecule has 132 valence electrons. The van der Waals surface area contributed by atoms with Gasteiger partial charge in [0.05, 0.1) is 22.6 Å². The van der Waals surface area contributed by atoms with Crippen molar-refractivity contribution < 1.29 is 14.3 Å². The van der Waals surface area contributed by atoms with Gasteiger partial charge in [0, 0.05) is 24.1 Å². The number of nitrogens with one attached hydrogen (secondary N) is 1. The maximum absolute atomic E-state index is 12.8. The topological polar surface area (TPSA) is 124 Å². The molecule has 0 spiro atoms. The van der Waals surface area contributed by atoms with Crippen molar-refractivity contribution in [1.29, 1.82) is 0 Å². The molecule has 2 amide bonds. The summed E-state index contributed by atoms with van der Waals surface area (Å²) in [5.74, 6) is -0.287. The van der Waals surface area contributed by atoms with Crippen LogP contribution in [0.2, 0.25) is 0 Å². The first-order valence-electron chi connectivity index (χ1n) is 7.86. The van der Waals surface area contributed by atoms with Gasteiger partial charge < -0.3 is 21.5 Å². The van der Waals surface area contributed by atoms with Gasteiger partial charge in [0.1, 0.15) is 11.8 Å². The van der Waals surface area contributed by atoms with Crippen molar-refractivity contribution in [1.82, 2.24) is 4.98 Å². The average molecular weight is 343 g/mol. The van der Waals surface area contributed by atoms with Crippen LogP contribution < -0.4 is 21.7 Å². The molecule has 25 heavy (non-hydrogen) atoms. The zero-order valence-electron chi connectivity index (χ0n) is 14.6. The molecule has 1 unspecified atom stereocenters. The molecule has 0 fully saturated rings. The van der Waals surface area contributed by atoms with Crippen LogP contribution in [0.1, 0.15) is 39.4 Å². The number of anilines is 3. The molecule has 8 heteroatoms. The zero-order chi connectivity index (χ0) is 18.5. The SMILES string of the molecule is CC(=O)Nc1cc(N)c2nccc3c2c1N(C(=O)OC(C)(C)C)C3N. The standard InChI is InChI=1S/C17H21N5O3/c1-8(23)21-11-7-10(18)13-12-9(5-6-20-13)15(19)22(14(11)12)16(24)25-17(2,3)4/h5-7,15H,18-19H2,1-4H3,(H,21,23). The summed E-state index contributed by atoms with van der Waals surface area (Å²) >= 11 is 0. The van der Waals surface area contributed by atoms with E-state index in [0.29, 0.717) is 33.5 Å². The van der Waals surface area contributed by atoms with Crippen molar-refractivity contribution in [2.45, 2.75) is 39.5 Å². The molecule has 1 aromatic carbocycles. The van der Waals surface area contributed by atoms with E-state index in [0.717, 1.165) is 0 Å². The number of pyridine rings is 1. The zero-order valence-corrected chi connectivity index (χ0v) is 14.6. The van der Waals surface area contributed by atoms with Gasteiger partial charge in [-0.1, -0.05) is 0 Å². The van der Waals surface area contributed by atoms with Gasteiger partial charge in [0.2, 0.25) is 5.91 Å². The van der Waals surface area contributed by atoms with Gasteiger partial charge in [0.15, 0.2) is 0 Å². The number of rotatable bonds is 1. The fourth-order valence-electron chi connectivity index (χ4n) is 2.95. The number of carbonyl (C=O) groups excluding carboxylic acids is 2. The molecule has 0 aliphatic carbocycles. The van der Waals surface area contributed by atoms with E-state index in [1.807, 2.05) is 0 Å². The number of carbonyl (C=O) groups is 2. The molecular formula is C17H21N5O3. The van der Waals surface area contributed by atoms with Crippen LogP contribution in [-0.2, 0) is 9.53 Å². The lowest BCUT2D eigenvalue weighted by molar-refractivity contribution is -0.114. The molecule has 1 aliphatic heterocycles. The third-order valence-corrected chi connectivity index (χ3v) is 3.79. The van der Waals surface area contributed by atoms with Gasteiger partial charge >= 0.3 is 6.09 Å². The van der Waals surface area contributed by atoms with Gasteiger partial charge in [0.25, 0.3) is 0 Å². The Labute approximate surface area is 145 Å². The first-order chi connectivity index (χ1) is 11.6. The molecule has 8 nitrogen and oxygen atoms in total. The second-order valence-electron chi connectivity index (χ2n) is 6.96. The van der Waals surface area contributed by atoms with Gasteiger partial charge in [-0.15, -0.1) is 0 Å². The van der Waals surface area contributed by atoms with Gasteiger partial charge in [-0.3, -0.25) is 14.7 Å². The summed E-state index contributed by atoms with van der Waals surface area (Å²) in [6, 6.07) is 3.31. The number of amides is 2. The average Bonchev–Trinajstić information content (AvgIpc) is 2.77. The Morgan fingerprint density at radius 1 is 1.36 bits per heavy atom. The minimum atomic E-state index is -0.760. The first kappa shape index (κ1) is 17.0. The Morgan fingerprint density at radius 3 is 2.64 bits per heavy atom. The lowest BCUT2D eigenvalue weighted by Crippen LogP contribution is -2.40. The smallest absolute Gasteiger partial charge is 0.416 e. The van der Waals surface area contributed by atoms with E-state index < -0.39 is 17.9 Å². The second-order valence-corrected chi connectivity index (χ2v) is 6.96. The van der Waals surface area contributed by atoms with E-state index in [1.54, 1.807) is 39.1 Å². The van der Waals surface area contributed by atoms with Crippen molar-refractivity contribution >= 4 is 40.0 Å². The minimum Gasteiger partial charge on any atom is -0.443 e. The molecule has 0 saturated carbocycles. The molecule has 1 aromatic heterocycles. The highest BCUT2D eigenvalue weighted by atomic mass is 16.6. The van der Waals surface area contributed by atoms with Crippen LogP contribution >= 0.6 is 0 Å². The molecule has 0 radical (unpaired) electrons. The molecule has 2 heterocycles. The lowest BCUT2D eigenvalue weighted by atomic mass is 10.1. The van der Waals surface area contributed by atoms with E-state index in [1.165, 1.54) is 11.8 Å². The van der Waals surface area contributed by atoms with Crippen LogP contribution in [0.15, 0.2) is 18.3 Å². The molecule has 3 rings (SSSR count). The summed E-state index contributed by atoms with van der Waals surface area (Å²) in [7, 11) is 0. The molecule has 0 bridgehead atoms. The molecular weight excluding hydrogens is 322 g/mol. The summed E-state index contributed by atoms with van der Waals surface area (Å²) in [6.45, 7) is 6.70. The van der Waals surface area contributed by atoms with Gasteiger partial charge in [-0.25, -0.2) is 4.79 Å². The summed E-state index contributed by atoms with van der Waals surface area (Å²) in [6.07, 6.45) is 0.229.